The Balaban J connectivity index is 1.82. The van der Waals surface area contributed by atoms with E-state index in [0.29, 0.717) is 23.0 Å². The largest absolute Gasteiger partial charge is 0.481 e. The molecule has 0 atom stereocenters. The van der Waals surface area contributed by atoms with Gasteiger partial charge in [0.1, 0.15) is 5.82 Å². The molecule has 1 fully saturated rings. The number of carboxylic acid groups (broad SMARTS) is 1. The van der Waals surface area contributed by atoms with Gasteiger partial charge >= 0.3 is 5.97 Å². The summed E-state index contributed by atoms with van der Waals surface area (Å²) in [4.78, 5) is 12.8. The quantitative estimate of drug-likeness (QED) is 0.904. The summed E-state index contributed by atoms with van der Waals surface area (Å²) in [7, 11) is 0. The van der Waals surface area contributed by atoms with Gasteiger partial charge in [0.25, 0.3) is 0 Å². The third-order valence-electron chi connectivity index (χ3n) is 3.88. The summed E-state index contributed by atoms with van der Waals surface area (Å²) in [6, 6.07) is 4.63. The maximum atomic E-state index is 13.7. The number of piperidine rings is 1. The molecule has 1 aromatic carbocycles. The molecule has 0 amide bonds. The number of nitrogens with zero attached hydrogens (tertiary/aromatic N) is 1. The van der Waals surface area contributed by atoms with Gasteiger partial charge in [0.05, 0.1) is 0 Å². The lowest BCUT2D eigenvalue weighted by Crippen LogP contribution is -2.33. The van der Waals surface area contributed by atoms with Crippen LogP contribution in [-0.4, -0.2) is 29.1 Å². The second kappa shape index (κ2) is 7.04. The lowest BCUT2D eigenvalue weighted by atomic mass is 9.92. The van der Waals surface area contributed by atoms with Gasteiger partial charge in [-0.1, -0.05) is 11.6 Å². The van der Waals surface area contributed by atoms with Crippen LogP contribution >= 0.6 is 11.6 Å². The van der Waals surface area contributed by atoms with E-state index in [1.54, 1.807) is 12.1 Å². The van der Waals surface area contributed by atoms with E-state index in [1.165, 1.54) is 6.07 Å². The molecule has 1 aromatic rings. The molecular formula is C15H19ClFNO2. The van der Waals surface area contributed by atoms with Crippen molar-refractivity contribution in [2.24, 2.45) is 5.92 Å². The average molecular weight is 300 g/mol. The minimum atomic E-state index is -0.728. The molecule has 1 heterocycles. The molecule has 1 aliphatic rings. The smallest absolute Gasteiger partial charge is 0.303 e. The van der Waals surface area contributed by atoms with Crippen LogP contribution in [-0.2, 0) is 11.3 Å². The van der Waals surface area contributed by atoms with Crippen LogP contribution in [0.1, 0.15) is 31.2 Å². The highest BCUT2D eigenvalue weighted by atomic mass is 35.5. The van der Waals surface area contributed by atoms with Crippen LogP contribution in [0.15, 0.2) is 18.2 Å². The zero-order chi connectivity index (χ0) is 14.5. The van der Waals surface area contributed by atoms with Crippen LogP contribution in [0.2, 0.25) is 5.02 Å². The Morgan fingerprint density at radius 3 is 2.75 bits per heavy atom. The SMILES string of the molecule is O=C(O)CCC1CCN(Cc2cc(Cl)ccc2F)CC1. The van der Waals surface area contributed by atoms with Gasteiger partial charge in [-0.3, -0.25) is 9.69 Å². The van der Waals surface area contributed by atoms with E-state index in [1.807, 2.05) is 0 Å². The van der Waals surface area contributed by atoms with Crippen molar-refractivity contribution in [1.29, 1.82) is 0 Å². The summed E-state index contributed by atoms with van der Waals surface area (Å²) in [5, 5.41) is 9.24. The highest BCUT2D eigenvalue weighted by Gasteiger charge is 2.20. The molecule has 1 aliphatic heterocycles. The van der Waals surface area contributed by atoms with Gasteiger partial charge in [-0.15, -0.1) is 0 Å². The Labute approximate surface area is 123 Å². The normalized spacial score (nSPS) is 17.3. The molecule has 2 rings (SSSR count). The number of aliphatic carboxylic acids is 1. The predicted octanol–water partition coefficient (Wildman–Crippen LogP) is 3.56. The van der Waals surface area contributed by atoms with Gasteiger partial charge < -0.3 is 5.11 Å². The minimum absolute atomic E-state index is 0.220. The fourth-order valence-corrected chi connectivity index (χ4v) is 2.86. The van der Waals surface area contributed by atoms with E-state index >= 15 is 0 Å². The Morgan fingerprint density at radius 1 is 1.40 bits per heavy atom. The van der Waals surface area contributed by atoms with E-state index in [2.05, 4.69) is 4.90 Å². The summed E-state index contributed by atoms with van der Waals surface area (Å²) in [6.45, 7) is 2.34. The van der Waals surface area contributed by atoms with Crippen molar-refractivity contribution in [2.75, 3.05) is 13.1 Å². The van der Waals surface area contributed by atoms with E-state index in [9.17, 15) is 9.18 Å². The predicted molar refractivity (Wildman–Crippen MR) is 76.3 cm³/mol. The van der Waals surface area contributed by atoms with Gasteiger partial charge in [0, 0.05) is 23.6 Å². The molecule has 110 valence electrons. The first-order valence-corrected chi connectivity index (χ1v) is 7.30. The molecule has 0 spiro atoms. The molecule has 0 saturated carbocycles. The lowest BCUT2D eigenvalue weighted by Gasteiger charge is -2.31. The van der Waals surface area contributed by atoms with Crippen LogP contribution < -0.4 is 0 Å². The zero-order valence-electron chi connectivity index (χ0n) is 11.3. The monoisotopic (exact) mass is 299 g/mol. The topological polar surface area (TPSA) is 40.5 Å². The summed E-state index contributed by atoms with van der Waals surface area (Å²) >= 11 is 5.89. The Bertz CT molecular complexity index is 473. The third kappa shape index (κ3) is 4.46. The van der Waals surface area contributed by atoms with Gasteiger partial charge in [-0.2, -0.15) is 0 Å². The Kier molecular flexibility index (Phi) is 5.38. The average Bonchev–Trinajstić information content (AvgIpc) is 2.42. The van der Waals surface area contributed by atoms with Crippen LogP contribution in [0.5, 0.6) is 0 Å². The lowest BCUT2D eigenvalue weighted by molar-refractivity contribution is -0.137. The molecule has 20 heavy (non-hydrogen) atoms. The minimum Gasteiger partial charge on any atom is -0.481 e. The van der Waals surface area contributed by atoms with Crippen LogP contribution in [0.25, 0.3) is 0 Å². The molecule has 3 nitrogen and oxygen atoms in total. The first-order chi connectivity index (χ1) is 9.54. The fourth-order valence-electron chi connectivity index (χ4n) is 2.67. The maximum Gasteiger partial charge on any atom is 0.303 e. The molecule has 0 radical (unpaired) electrons. The molecule has 1 saturated heterocycles. The van der Waals surface area contributed by atoms with Crippen LogP contribution in [0, 0.1) is 11.7 Å². The van der Waals surface area contributed by atoms with E-state index in [0.717, 1.165) is 32.4 Å². The highest BCUT2D eigenvalue weighted by Crippen LogP contribution is 2.24. The van der Waals surface area contributed by atoms with Crippen molar-refractivity contribution in [3.05, 3.63) is 34.6 Å². The van der Waals surface area contributed by atoms with Gasteiger partial charge in [0.2, 0.25) is 0 Å². The van der Waals surface area contributed by atoms with E-state index < -0.39 is 5.97 Å². The first kappa shape index (κ1) is 15.3. The van der Waals surface area contributed by atoms with Crippen molar-refractivity contribution in [2.45, 2.75) is 32.2 Å². The zero-order valence-corrected chi connectivity index (χ0v) is 12.1. The van der Waals surface area contributed by atoms with Crippen molar-refractivity contribution in [3.63, 3.8) is 0 Å². The number of hydrogen-bond acceptors (Lipinski definition) is 2. The summed E-state index contributed by atoms with van der Waals surface area (Å²) in [5.74, 6) is -0.470. The molecule has 0 aromatic heterocycles. The number of halogens is 2. The van der Waals surface area contributed by atoms with Crippen LogP contribution in [0.4, 0.5) is 4.39 Å². The highest BCUT2D eigenvalue weighted by molar-refractivity contribution is 6.30. The number of hydrogen-bond donors (Lipinski definition) is 1. The third-order valence-corrected chi connectivity index (χ3v) is 4.11. The molecule has 5 heteroatoms. The van der Waals surface area contributed by atoms with Gasteiger partial charge in [-0.25, -0.2) is 4.39 Å². The molecular weight excluding hydrogens is 281 g/mol. The standard InChI is InChI=1S/C15H19ClFNO2/c16-13-2-3-14(17)12(9-13)10-18-7-5-11(6-8-18)1-4-15(19)20/h2-3,9,11H,1,4-8,10H2,(H,19,20). The van der Waals surface area contributed by atoms with Crippen molar-refractivity contribution >= 4 is 17.6 Å². The van der Waals surface area contributed by atoms with Crippen LogP contribution in [0.3, 0.4) is 0 Å². The fraction of sp³-hybridized carbons (Fsp3) is 0.533. The van der Waals surface area contributed by atoms with E-state index in [4.69, 9.17) is 16.7 Å². The molecule has 0 bridgehead atoms. The van der Waals surface area contributed by atoms with Crippen molar-refractivity contribution < 1.29 is 14.3 Å². The van der Waals surface area contributed by atoms with Gasteiger partial charge in [-0.05, 0) is 56.5 Å². The molecule has 0 aliphatic carbocycles. The number of carbonyl (C=O) groups is 1. The summed E-state index contributed by atoms with van der Waals surface area (Å²) in [6.07, 6.45) is 2.95. The first-order valence-electron chi connectivity index (χ1n) is 6.92. The molecule has 0 unspecified atom stereocenters. The Hall–Kier alpha value is -1.13. The molecule has 1 N–H and O–H groups in total. The number of likely N-dealkylation sites (tertiary alicyclic amines) is 1. The summed E-state index contributed by atoms with van der Waals surface area (Å²) in [5.41, 5.74) is 0.626. The van der Waals surface area contributed by atoms with Crippen molar-refractivity contribution in [1.82, 2.24) is 4.90 Å². The van der Waals surface area contributed by atoms with Crippen molar-refractivity contribution in [3.8, 4) is 0 Å². The van der Waals surface area contributed by atoms with Gasteiger partial charge in [0.15, 0.2) is 0 Å². The number of benzene rings is 1. The second-order valence-corrected chi connectivity index (χ2v) is 5.82. The Morgan fingerprint density at radius 2 is 2.10 bits per heavy atom. The number of rotatable bonds is 5. The second-order valence-electron chi connectivity index (χ2n) is 5.39. The van der Waals surface area contributed by atoms with E-state index in [-0.39, 0.29) is 12.2 Å². The summed E-state index contributed by atoms with van der Waals surface area (Å²) < 4.78 is 13.7. The number of carboxylic acids is 1. The maximum absolute atomic E-state index is 13.7.